The first-order valence-corrected chi connectivity index (χ1v) is 13.5. The normalized spacial score (nSPS) is 23.2. The van der Waals surface area contributed by atoms with Gasteiger partial charge in [0.1, 0.15) is 4.90 Å². The van der Waals surface area contributed by atoms with Crippen LogP contribution in [0.2, 0.25) is 0 Å². The van der Waals surface area contributed by atoms with Crippen LogP contribution in [0, 0.1) is 11.8 Å². The van der Waals surface area contributed by atoms with Crippen LogP contribution in [-0.2, 0) is 29.0 Å². The molecular formula is C23H33F3N2O7S. The Kier molecular flexibility index (Phi) is 10.1. The summed E-state index contributed by atoms with van der Waals surface area (Å²) in [6, 6.07) is 3.27. The Morgan fingerprint density at radius 2 is 1.86 bits per heavy atom. The summed E-state index contributed by atoms with van der Waals surface area (Å²) in [5.74, 6) is -1.69. The lowest BCUT2D eigenvalue weighted by molar-refractivity contribution is -0.192. The quantitative estimate of drug-likeness (QED) is 0.527. The van der Waals surface area contributed by atoms with Crippen molar-refractivity contribution >= 4 is 16.0 Å². The summed E-state index contributed by atoms with van der Waals surface area (Å²) in [5.41, 5.74) is -0.191. The van der Waals surface area contributed by atoms with Crippen LogP contribution in [0.3, 0.4) is 0 Å². The van der Waals surface area contributed by atoms with Gasteiger partial charge in [-0.2, -0.15) is 17.5 Å². The fourth-order valence-corrected chi connectivity index (χ4v) is 6.29. The molecule has 36 heavy (non-hydrogen) atoms. The van der Waals surface area contributed by atoms with Crippen LogP contribution in [0.1, 0.15) is 38.5 Å². The summed E-state index contributed by atoms with van der Waals surface area (Å²) >= 11 is 0. The maximum absolute atomic E-state index is 12.8. The van der Waals surface area contributed by atoms with E-state index in [0.29, 0.717) is 24.9 Å². The molecule has 1 spiro atoms. The number of carboxylic acids is 1. The molecule has 9 nitrogen and oxygen atoms in total. The summed E-state index contributed by atoms with van der Waals surface area (Å²) in [6.45, 7) is 5.04. The second-order valence-corrected chi connectivity index (χ2v) is 11.2. The van der Waals surface area contributed by atoms with E-state index in [1.165, 1.54) is 6.20 Å². The number of nitrogens with zero attached hydrogens (tertiary/aromatic N) is 2. The third kappa shape index (κ3) is 7.60. The average molecular weight is 539 g/mol. The van der Waals surface area contributed by atoms with Gasteiger partial charge in [-0.15, -0.1) is 0 Å². The molecule has 0 aliphatic carbocycles. The average Bonchev–Trinajstić information content (AvgIpc) is 3.24. The summed E-state index contributed by atoms with van der Waals surface area (Å²) in [7, 11) is -3.48. The molecule has 0 amide bonds. The van der Waals surface area contributed by atoms with Crippen LogP contribution in [0.4, 0.5) is 13.2 Å². The number of rotatable bonds is 7. The van der Waals surface area contributed by atoms with Gasteiger partial charge in [0.05, 0.1) is 5.60 Å². The van der Waals surface area contributed by atoms with Crippen LogP contribution in [0.15, 0.2) is 29.4 Å². The molecule has 1 N–H and O–H groups in total. The van der Waals surface area contributed by atoms with E-state index >= 15 is 0 Å². The molecule has 4 heterocycles. The van der Waals surface area contributed by atoms with E-state index in [1.54, 1.807) is 22.6 Å². The van der Waals surface area contributed by atoms with Crippen LogP contribution < -0.4 is 0 Å². The highest BCUT2D eigenvalue weighted by Gasteiger charge is 2.47. The molecule has 0 bridgehead atoms. The van der Waals surface area contributed by atoms with Gasteiger partial charge in [-0.1, -0.05) is 0 Å². The predicted molar refractivity (Wildman–Crippen MR) is 122 cm³/mol. The zero-order chi connectivity index (χ0) is 26.2. The van der Waals surface area contributed by atoms with Gasteiger partial charge in [0.2, 0.25) is 10.0 Å². The number of aromatic nitrogens is 1. The summed E-state index contributed by atoms with van der Waals surface area (Å²) in [5, 5.41) is 7.12. The number of halogens is 3. The first kappa shape index (κ1) is 28.8. The number of sulfonamides is 1. The third-order valence-corrected chi connectivity index (χ3v) is 8.87. The third-order valence-electron chi connectivity index (χ3n) is 6.99. The minimum absolute atomic E-state index is 0.191. The van der Waals surface area contributed by atoms with E-state index in [9.17, 15) is 21.6 Å². The van der Waals surface area contributed by atoms with E-state index in [-0.39, 0.29) is 10.5 Å². The van der Waals surface area contributed by atoms with Gasteiger partial charge in [-0.25, -0.2) is 13.2 Å². The van der Waals surface area contributed by atoms with Crippen LogP contribution >= 0.6 is 0 Å². The number of hydrogen-bond acceptors (Lipinski definition) is 7. The predicted octanol–water partition coefficient (Wildman–Crippen LogP) is 3.11. The molecule has 204 valence electrons. The van der Waals surface area contributed by atoms with Crippen molar-refractivity contribution in [3.63, 3.8) is 0 Å². The van der Waals surface area contributed by atoms with Gasteiger partial charge in [-0.3, -0.25) is 4.98 Å². The Bertz CT molecular complexity index is 933. The van der Waals surface area contributed by atoms with Crippen molar-refractivity contribution in [3.8, 4) is 0 Å². The Labute approximate surface area is 209 Å². The molecule has 3 fully saturated rings. The second kappa shape index (κ2) is 12.6. The molecule has 4 rings (SSSR count). The largest absolute Gasteiger partial charge is 0.490 e. The van der Waals surface area contributed by atoms with Crippen LogP contribution in [0.5, 0.6) is 0 Å². The summed E-state index contributed by atoms with van der Waals surface area (Å²) in [6.07, 6.45) is 3.63. The lowest BCUT2D eigenvalue weighted by Crippen LogP contribution is -2.49. The number of pyridine rings is 1. The second-order valence-electron chi connectivity index (χ2n) is 9.21. The van der Waals surface area contributed by atoms with Gasteiger partial charge in [0.25, 0.3) is 0 Å². The van der Waals surface area contributed by atoms with Crippen molar-refractivity contribution in [3.05, 3.63) is 24.5 Å². The van der Waals surface area contributed by atoms with Crippen LogP contribution in [-0.4, -0.2) is 86.7 Å². The zero-order valence-corrected chi connectivity index (χ0v) is 20.8. The molecule has 1 aromatic rings. The Morgan fingerprint density at radius 3 is 2.44 bits per heavy atom. The van der Waals surface area contributed by atoms with Crippen molar-refractivity contribution in [2.45, 2.75) is 55.2 Å². The van der Waals surface area contributed by atoms with Crippen molar-refractivity contribution < 1.29 is 45.7 Å². The molecule has 0 aromatic carbocycles. The van der Waals surface area contributed by atoms with Gasteiger partial charge >= 0.3 is 12.1 Å². The number of piperidine rings is 1. The molecule has 0 saturated carbocycles. The lowest BCUT2D eigenvalue weighted by Gasteiger charge is -2.41. The fraction of sp³-hybridized carbons (Fsp3) is 0.739. The number of hydrogen-bond donors (Lipinski definition) is 1. The molecular weight excluding hydrogens is 505 g/mol. The maximum Gasteiger partial charge on any atom is 0.490 e. The topological polar surface area (TPSA) is 115 Å². The highest BCUT2D eigenvalue weighted by atomic mass is 32.2. The van der Waals surface area contributed by atoms with Gasteiger partial charge in [0.15, 0.2) is 0 Å². The van der Waals surface area contributed by atoms with Gasteiger partial charge in [0, 0.05) is 58.5 Å². The van der Waals surface area contributed by atoms with E-state index in [0.717, 1.165) is 71.6 Å². The minimum Gasteiger partial charge on any atom is -0.475 e. The smallest absolute Gasteiger partial charge is 0.475 e. The summed E-state index contributed by atoms with van der Waals surface area (Å²) in [4.78, 5) is 13.1. The summed E-state index contributed by atoms with van der Waals surface area (Å²) < 4.78 is 76.6. The molecule has 3 aliphatic rings. The Morgan fingerprint density at radius 1 is 1.19 bits per heavy atom. The monoisotopic (exact) mass is 538 g/mol. The molecule has 1 aromatic heterocycles. The Hall–Kier alpha value is -1.80. The first-order valence-electron chi connectivity index (χ1n) is 12.0. The molecule has 13 heteroatoms. The highest BCUT2D eigenvalue weighted by molar-refractivity contribution is 7.89. The van der Waals surface area contributed by atoms with Crippen molar-refractivity contribution in [1.29, 1.82) is 0 Å². The van der Waals surface area contributed by atoms with Crippen molar-refractivity contribution in [2.75, 3.05) is 46.1 Å². The Balaban J connectivity index is 0.000000454. The standard InChI is InChI=1S/C21H32N2O5S.C2HF3O2/c24-29(25,20-2-1-9-22-16-20)23-10-7-21(8-11-23)19(6-15-28-21)5-14-27-17-18-3-12-26-13-4-18;3-2(4,5)1(6)7/h1-2,9,16,18-19H,3-8,10-15,17H2;(H,6,7). The number of alkyl halides is 3. The SMILES string of the molecule is O=C(O)C(F)(F)F.O=S(=O)(c1cccnc1)N1CCC2(CC1)OCCC2CCOCC1CCOCC1. The zero-order valence-electron chi connectivity index (χ0n) is 20.0. The van der Waals surface area contributed by atoms with Gasteiger partial charge in [-0.05, 0) is 62.5 Å². The van der Waals surface area contributed by atoms with E-state index in [1.807, 2.05) is 0 Å². The maximum atomic E-state index is 12.8. The van der Waals surface area contributed by atoms with Crippen molar-refractivity contribution in [1.82, 2.24) is 9.29 Å². The lowest BCUT2D eigenvalue weighted by atomic mass is 9.78. The molecule has 1 atom stereocenters. The van der Waals surface area contributed by atoms with E-state index < -0.39 is 22.2 Å². The number of carbonyl (C=O) groups is 1. The van der Waals surface area contributed by atoms with Crippen molar-refractivity contribution in [2.24, 2.45) is 11.8 Å². The molecule has 1 unspecified atom stereocenters. The highest BCUT2D eigenvalue weighted by Crippen LogP contribution is 2.43. The van der Waals surface area contributed by atoms with E-state index in [2.05, 4.69) is 4.98 Å². The number of carboxylic acid groups (broad SMARTS) is 1. The number of ether oxygens (including phenoxy) is 3. The van der Waals surface area contributed by atoms with E-state index in [4.69, 9.17) is 24.1 Å². The van der Waals surface area contributed by atoms with Gasteiger partial charge < -0.3 is 19.3 Å². The fourth-order valence-electron chi connectivity index (χ4n) is 4.89. The minimum atomic E-state index is -5.08. The van der Waals surface area contributed by atoms with Crippen LogP contribution in [0.25, 0.3) is 0 Å². The molecule has 0 radical (unpaired) electrons. The number of aliphatic carboxylic acids is 1. The molecule has 3 saturated heterocycles. The molecule has 3 aliphatic heterocycles. The first-order chi connectivity index (χ1) is 17.0.